The molecule has 16 heavy (non-hydrogen) atoms. The second kappa shape index (κ2) is 4.81. The first-order valence-electron chi connectivity index (χ1n) is 5.91. The second-order valence-electron chi connectivity index (χ2n) is 4.41. The van der Waals surface area contributed by atoms with Crippen molar-refractivity contribution in [3.63, 3.8) is 0 Å². The predicted molar refractivity (Wildman–Crippen MR) is 61.6 cm³/mol. The lowest BCUT2D eigenvalue weighted by molar-refractivity contribution is 0.391. The molecule has 3 heteroatoms. The topological polar surface area (TPSA) is 3.24 Å². The molecule has 0 aliphatic carbocycles. The zero-order chi connectivity index (χ0) is 11.5. The highest BCUT2D eigenvalue weighted by atomic mass is 19.2. The van der Waals surface area contributed by atoms with Crippen molar-refractivity contribution in [3.05, 3.63) is 29.8 Å². The Bertz CT molecular complexity index is 357. The van der Waals surface area contributed by atoms with Gasteiger partial charge in [-0.1, -0.05) is 19.4 Å². The van der Waals surface area contributed by atoms with Crippen LogP contribution in [-0.4, -0.2) is 13.1 Å². The molecule has 1 nitrogen and oxygen atoms in total. The lowest BCUT2D eigenvalue weighted by Gasteiger charge is -2.33. The van der Waals surface area contributed by atoms with Crippen LogP contribution in [0.15, 0.2) is 18.2 Å². The number of piperidine rings is 1. The molecule has 88 valence electrons. The van der Waals surface area contributed by atoms with Crippen LogP contribution in [0.1, 0.15) is 26.2 Å². The number of benzene rings is 1. The van der Waals surface area contributed by atoms with Crippen LogP contribution in [0.3, 0.4) is 0 Å². The van der Waals surface area contributed by atoms with Crippen molar-refractivity contribution in [3.8, 4) is 0 Å². The first-order chi connectivity index (χ1) is 7.72. The first-order valence-corrected chi connectivity index (χ1v) is 5.91. The standard InChI is InChI=1S/C13H17F2N/c1-2-10-6-8-16(9-7-10)12-5-3-4-11(14)13(12)15/h3-5,10H,2,6-9H2,1H3. The summed E-state index contributed by atoms with van der Waals surface area (Å²) < 4.78 is 26.6. The van der Waals surface area contributed by atoms with E-state index in [1.54, 1.807) is 12.1 Å². The van der Waals surface area contributed by atoms with E-state index in [1.807, 2.05) is 4.90 Å². The van der Waals surface area contributed by atoms with E-state index < -0.39 is 11.6 Å². The summed E-state index contributed by atoms with van der Waals surface area (Å²) in [4.78, 5) is 1.95. The molecule has 0 spiro atoms. The van der Waals surface area contributed by atoms with Gasteiger partial charge in [-0.3, -0.25) is 0 Å². The quantitative estimate of drug-likeness (QED) is 0.743. The maximum absolute atomic E-state index is 13.5. The van der Waals surface area contributed by atoms with E-state index in [9.17, 15) is 8.78 Å². The Hall–Kier alpha value is -1.12. The van der Waals surface area contributed by atoms with Gasteiger partial charge >= 0.3 is 0 Å². The SMILES string of the molecule is CCC1CCN(c2cccc(F)c2F)CC1. The third kappa shape index (κ3) is 2.18. The highest BCUT2D eigenvalue weighted by molar-refractivity contribution is 5.48. The van der Waals surface area contributed by atoms with E-state index in [4.69, 9.17) is 0 Å². The van der Waals surface area contributed by atoms with Gasteiger partial charge in [0.1, 0.15) is 0 Å². The molecule has 0 N–H and O–H groups in total. The summed E-state index contributed by atoms with van der Waals surface area (Å²) in [7, 11) is 0. The van der Waals surface area contributed by atoms with E-state index in [0.717, 1.165) is 37.9 Å². The van der Waals surface area contributed by atoms with Gasteiger partial charge in [0.05, 0.1) is 5.69 Å². The van der Waals surface area contributed by atoms with Crippen LogP contribution in [0.2, 0.25) is 0 Å². The highest BCUT2D eigenvalue weighted by Gasteiger charge is 2.21. The van der Waals surface area contributed by atoms with Gasteiger partial charge in [0.25, 0.3) is 0 Å². The van der Waals surface area contributed by atoms with Crippen molar-refractivity contribution >= 4 is 5.69 Å². The summed E-state index contributed by atoms with van der Waals surface area (Å²) in [6, 6.07) is 4.39. The molecule has 1 aromatic carbocycles. The van der Waals surface area contributed by atoms with Crippen LogP contribution in [-0.2, 0) is 0 Å². The summed E-state index contributed by atoms with van der Waals surface area (Å²) in [5.41, 5.74) is 0.412. The molecular weight excluding hydrogens is 208 g/mol. The Kier molecular flexibility index (Phi) is 3.42. The summed E-state index contributed by atoms with van der Waals surface area (Å²) in [6.07, 6.45) is 3.33. The Morgan fingerprint density at radius 1 is 1.25 bits per heavy atom. The van der Waals surface area contributed by atoms with Crippen LogP contribution in [0.4, 0.5) is 14.5 Å². The minimum absolute atomic E-state index is 0.412. The van der Waals surface area contributed by atoms with Gasteiger partial charge in [-0.25, -0.2) is 8.78 Å². The Morgan fingerprint density at radius 3 is 2.56 bits per heavy atom. The molecule has 1 heterocycles. The van der Waals surface area contributed by atoms with Gasteiger partial charge < -0.3 is 4.90 Å². The minimum Gasteiger partial charge on any atom is -0.369 e. The molecule has 1 aliphatic rings. The lowest BCUT2D eigenvalue weighted by Crippen LogP contribution is -2.34. The summed E-state index contributed by atoms with van der Waals surface area (Å²) in [6.45, 7) is 3.85. The zero-order valence-electron chi connectivity index (χ0n) is 9.55. The van der Waals surface area contributed by atoms with Crippen molar-refractivity contribution in [1.29, 1.82) is 0 Å². The third-order valence-electron chi connectivity index (χ3n) is 3.46. The average Bonchev–Trinajstić information content (AvgIpc) is 2.33. The molecule has 0 radical (unpaired) electrons. The molecule has 0 unspecified atom stereocenters. The zero-order valence-corrected chi connectivity index (χ0v) is 9.55. The van der Waals surface area contributed by atoms with Crippen molar-refractivity contribution < 1.29 is 8.78 Å². The third-order valence-corrected chi connectivity index (χ3v) is 3.46. The molecule has 1 fully saturated rings. The molecule has 0 atom stereocenters. The van der Waals surface area contributed by atoms with Crippen molar-refractivity contribution in [2.75, 3.05) is 18.0 Å². The minimum atomic E-state index is -0.755. The van der Waals surface area contributed by atoms with E-state index in [1.165, 1.54) is 6.42 Å². The molecule has 1 aromatic rings. The number of hydrogen-bond donors (Lipinski definition) is 0. The molecule has 1 saturated heterocycles. The fourth-order valence-electron chi connectivity index (χ4n) is 2.32. The van der Waals surface area contributed by atoms with Crippen molar-refractivity contribution in [2.45, 2.75) is 26.2 Å². The second-order valence-corrected chi connectivity index (χ2v) is 4.41. The predicted octanol–water partition coefficient (Wildman–Crippen LogP) is 3.59. The summed E-state index contributed by atoms with van der Waals surface area (Å²) >= 11 is 0. The van der Waals surface area contributed by atoms with Gasteiger partial charge in [-0.05, 0) is 30.9 Å². The van der Waals surface area contributed by atoms with Gasteiger partial charge in [0, 0.05) is 13.1 Å². The molecule has 0 saturated carbocycles. The molecule has 2 rings (SSSR count). The largest absolute Gasteiger partial charge is 0.369 e. The van der Waals surface area contributed by atoms with Gasteiger partial charge in [-0.2, -0.15) is 0 Å². The van der Waals surface area contributed by atoms with Gasteiger partial charge in [0.2, 0.25) is 0 Å². The van der Waals surface area contributed by atoms with Crippen LogP contribution in [0.5, 0.6) is 0 Å². The Morgan fingerprint density at radius 2 is 1.94 bits per heavy atom. The smallest absolute Gasteiger partial charge is 0.182 e. The van der Waals surface area contributed by atoms with Crippen LogP contribution >= 0.6 is 0 Å². The Balaban J connectivity index is 2.11. The van der Waals surface area contributed by atoms with Crippen molar-refractivity contribution in [1.82, 2.24) is 0 Å². The first kappa shape index (κ1) is 11.4. The Labute approximate surface area is 95.1 Å². The van der Waals surface area contributed by atoms with E-state index in [2.05, 4.69) is 6.92 Å². The van der Waals surface area contributed by atoms with E-state index in [0.29, 0.717) is 5.69 Å². The normalized spacial score (nSPS) is 17.8. The van der Waals surface area contributed by atoms with Gasteiger partial charge in [0.15, 0.2) is 11.6 Å². The van der Waals surface area contributed by atoms with Gasteiger partial charge in [-0.15, -0.1) is 0 Å². The average molecular weight is 225 g/mol. The highest BCUT2D eigenvalue weighted by Crippen LogP contribution is 2.27. The van der Waals surface area contributed by atoms with Crippen LogP contribution in [0.25, 0.3) is 0 Å². The number of halogens is 2. The molecule has 0 aromatic heterocycles. The molecule has 0 bridgehead atoms. The lowest BCUT2D eigenvalue weighted by atomic mass is 9.94. The number of hydrogen-bond acceptors (Lipinski definition) is 1. The fraction of sp³-hybridized carbons (Fsp3) is 0.538. The molecular formula is C13H17F2N. The fourth-order valence-corrected chi connectivity index (χ4v) is 2.32. The maximum Gasteiger partial charge on any atom is 0.182 e. The summed E-state index contributed by atoms with van der Waals surface area (Å²) in [5.74, 6) is -0.722. The number of anilines is 1. The number of nitrogens with zero attached hydrogens (tertiary/aromatic N) is 1. The monoisotopic (exact) mass is 225 g/mol. The summed E-state index contributed by atoms with van der Waals surface area (Å²) in [5, 5.41) is 0. The van der Waals surface area contributed by atoms with E-state index in [-0.39, 0.29) is 0 Å². The maximum atomic E-state index is 13.5. The van der Waals surface area contributed by atoms with Crippen LogP contribution < -0.4 is 4.90 Å². The molecule has 1 aliphatic heterocycles. The van der Waals surface area contributed by atoms with Crippen molar-refractivity contribution in [2.24, 2.45) is 5.92 Å². The van der Waals surface area contributed by atoms with E-state index >= 15 is 0 Å². The number of rotatable bonds is 2. The van der Waals surface area contributed by atoms with Crippen LogP contribution in [0, 0.1) is 17.6 Å². The molecule has 0 amide bonds.